The lowest BCUT2D eigenvalue weighted by Crippen LogP contribution is -2.30. The highest BCUT2D eigenvalue weighted by Gasteiger charge is 2.32. The number of amides is 1. The predicted molar refractivity (Wildman–Crippen MR) is 129 cm³/mol. The van der Waals surface area contributed by atoms with Gasteiger partial charge in [0, 0.05) is 13.1 Å². The summed E-state index contributed by atoms with van der Waals surface area (Å²) < 4.78 is 19.3. The third-order valence-corrected chi connectivity index (χ3v) is 4.82. The Kier molecular flexibility index (Phi) is 10.2. The molecule has 1 aliphatic rings. The smallest absolute Gasteiger partial charge is 0.258 e. The number of ether oxygens (including phenoxy) is 1. The molecule has 1 amide bonds. The summed E-state index contributed by atoms with van der Waals surface area (Å²) in [6, 6.07) is 0. The van der Waals surface area contributed by atoms with Crippen molar-refractivity contribution in [1.29, 1.82) is 0 Å². The minimum Gasteiger partial charge on any atom is -0.490 e. The number of carbonyl (C=O) groups is 1. The van der Waals surface area contributed by atoms with E-state index in [1.807, 2.05) is 76.3 Å². The standard InChI is InChI=1S/C27H36FNO2/c1-9-14-24-18-29(26(30)25(24)20(6)31-19-27(7,8)28)17-21(10-2)15-16-23(13-5)22(11-3)12-4/h9-16H,3,6,17-19H2,1-2,4-5,7-8H3/b14-9-,16-15+,21-10+,22-12+,23-13+. The Morgan fingerprint density at radius 3 is 2.26 bits per heavy atom. The molecule has 4 heteroatoms. The second-order valence-corrected chi connectivity index (χ2v) is 7.88. The van der Waals surface area contributed by atoms with E-state index in [9.17, 15) is 9.18 Å². The van der Waals surface area contributed by atoms with E-state index < -0.39 is 5.67 Å². The van der Waals surface area contributed by atoms with Crippen molar-refractivity contribution in [2.45, 2.75) is 47.2 Å². The number of hydrogen-bond donors (Lipinski definition) is 0. The summed E-state index contributed by atoms with van der Waals surface area (Å²) in [4.78, 5) is 14.9. The molecule has 0 aromatic rings. The van der Waals surface area contributed by atoms with Gasteiger partial charge in [-0.25, -0.2) is 4.39 Å². The van der Waals surface area contributed by atoms with Crippen LogP contribution in [-0.4, -0.2) is 36.2 Å². The van der Waals surface area contributed by atoms with Crippen molar-refractivity contribution in [2.75, 3.05) is 19.7 Å². The molecule has 0 bridgehead atoms. The molecule has 3 nitrogen and oxygen atoms in total. The van der Waals surface area contributed by atoms with Gasteiger partial charge in [0.15, 0.2) is 0 Å². The normalized spacial score (nSPS) is 16.8. The maximum Gasteiger partial charge on any atom is 0.258 e. The van der Waals surface area contributed by atoms with Gasteiger partial charge in [0.25, 0.3) is 5.91 Å². The van der Waals surface area contributed by atoms with E-state index in [2.05, 4.69) is 13.2 Å². The van der Waals surface area contributed by atoms with Crippen LogP contribution in [0.4, 0.5) is 4.39 Å². The SMILES string of the molecule is C=CC(=C\C)/C(/C=C/C(=C\C)CN1CC(/C=C\C)=C(C(=C)OCC(C)(C)F)C1=O)=C/C. The Bertz CT molecular complexity index is 873. The molecular weight excluding hydrogens is 389 g/mol. The van der Waals surface area contributed by atoms with Gasteiger partial charge in [-0.2, -0.15) is 0 Å². The second kappa shape index (κ2) is 12.1. The van der Waals surface area contributed by atoms with Crippen molar-refractivity contribution in [3.8, 4) is 0 Å². The highest BCUT2D eigenvalue weighted by molar-refractivity contribution is 6.01. The lowest BCUT2D eigenvalue weighted by atomic mass is 10.0. The van der Waals surface area contributed by atoms with Gasteiger partial charge in [0.05, 0.1) is 5.57 Å². The molecule has 1 aliphatic heterocycles. The summed E-state index contributed by atoms with van der Waals surface area (Å²) in [6.45, 7) is 19.2. The average molecular weight is 426 g/mol. The van der Waals surface area contributed by atoms with Crippen LogP contribution < -0.4 is 0 Å². The van der Waals surface area contributed by atoms with Gasteiger partial charge in [0.1, 0.15) is 18.0 Å². The molecular formula is C27H36FNO2. The fourth-order valence-corrected chi connectivity index (χ4v) is 3.17. The van der Waals surface area contributed by atoms with Gasteiger partial charge >= 0.3 is 0 Å². The Labute approximate surface area is 187 Å². The molecule has 1 rings (SSSR count). The number of carbonyl (C=O) groups excluding carboxylic acids is 1. The van der Waals surface area contributed by atoms with E-state index in [1.165, 1.54) is 13.8 Å². The Morgan fingerprint density at radius 2 is 1.77 bits per heavy atom. The first-order valence-corrected chi connectivity index (χ1v) is 10.6. The van der Waals surface area contributed by atoms with Gasteiger partial charge in [-0.1, -0.05) is 61.8 Å². The minimum atomic E-state index is -1.50. The van der Waals surface area contributed by atoms with Crippen LogP contribution in [0.25, 0.3) is 0 Å². The summed E-state index contributed by atoms with van der Waals surface area (Å²) in [6.07, 6.45) is 15.6. The van der Waals surface area contributed by atoms with Crippen LogP contribution in [0.3, 0.4) is 0 Å². The molecule has 0 spiro atoms. The first-order valence-electron chi connectivity index (χ1n) is 10.6. The highest BCUT2D eigenvalue weighted by atomic mass is 19.1. The lowest BCUT2D eigenvalue weighted by Gasteiger charge is -2.19. The molecule has 1 heterocycles. The number of alkyl halides is 1. The van der Waals surface area contributed by atoms with E-state index in [0.29, 0.717) is 18.7 Å². The number of allylic oxidation sites excluding steroid dienone is 8. The summed E-state index contributed by atoms with van der Waals surface area (Å²) >= 11 is 0. The fraction of sp³-hybridized carbons (Fsp3) is 0.370. The zero-order chi connectivity index (χ0) is 23.6. The summed E-state index contributed by atoms with van der Waals surface area (Å²) in [5.41, 5.74) is 2.86. The lowest BCUT2D eigenvalue weighted by molar-refractivity contribution is -0.125. The molecule has 0 aromatic heterocycles. The maximum absolute atomic E-state index is 13.8. The van der Waals surface area contributed by atoms with Gasteiger partial charge in [-0.05, 0) is 63.8 Å². The van der Waals surface area contributed by atoms with E-state index in [4.69, 9.17) is 4.74 Å². The van der Waals surface area contributed by atoms with E-state index in [0.717, 1.165) is 22.3 Å². The molecule has 0 aliphatic carbocycles. The van der Waals surface area contributed by atoms with Gasteiger partial charge in [-0.15, -0.1) is 0 Å². The molecule has 31 heavy (non-hydrogen) atoms. The number of rotatable bonds is 11. The monoisotopic (exact) mass is 425 g/mol. The maximum atomic E-state index is 13.8. The van der Waals surface area contributed by atoms with Crippen molar-refractivity contribution < 1.29 is 13.9 Å². The molecule has 0 N–H and O–H groups in total. The van der Waals surface area contributed by atoms with Crippen LogP contribution in [0.2, 0.25) is 0 Å². The third kappa shape index (κ3) is 7.71. The molecule has 0 fully saturated rings. The van der Waals surface area contributed by atoms with Gasteiger partial charge in [-0.3, -0.25) is 4.79 Å². The van der Waals surface area contributed by atoms with Crippen LogP contribution in [-0.2, 0) is 9.53 Å². The first kappa shape index (κ1) is 26.2. The van der Waals surface area contributed by atoms with Crippen molar-refractivity contribution in [3.63, 3.8) is 0 Å². The van der Waals surface area contributed by atoms with Crippen LogP contribution >= 0.6 is 0 Å². The quantitative estimate of drug-likeness (QED) is 0.277. The molecule has 0 saturated heterocycles. The molecule has 168 valence electrons. The third-order valence-electron chi connectivity index (χ3n) is 4.82. The van der Waals surface area contributed by atoms with E-state index >= 15 is 0 Å². The fourth-order valence-electron chi connectivity index (χ4n) is 3.17. The zero-order valence-corrected chi connectivity index (χ0v) is 19.8. The zero-order valence-electron chi connectivity index (χ0n) is 19.8. The predicted octanol–water partition coefficient (Wildman–Crippen LogP) is 6.56. The largest absolute Gasteiger partial charge is 0.490 e. The number of halogens is 1. The Morgan fingerprint density at radius 1 is 1.13 bits per heavy atom. The Balaban J connectivity index is 3.02. The molecule has 0 unspecified atom stereocenters. The topological polar surface area (TPSA) is 29.5 Å². The summed E-state index contributed by atoms with van der Waals surface area (Å²) in [5.74, 6) is 0.0535. The van der Waals surface area contributed by atoms with Crippen molar-refractivity contribution in [1.82, 2.24) is 4.90 Å². The van der Waals surface area contributed by atoms with E-state index in [-0.39, 0.29) is 18.3 Å². The van der Waals surface area contributed by atoms with Crippen LogP contribution in [0.15, 0.2) is 95.4 Å². The first-order chi connectivity index (χ1) is 14.6. The average Bonchev–Trinajstić information content (AvgIpc) is 3.02. The summed E-state index contributed by atoms with van der Waals surface area (Å²) in [7, 11) is 0. The van der Waals surface area contributed by atoms with Crippen LogP contribution in [0, 0.1) is 0 Å². The Hall–Kier alpha value is -2.88. The second-order valence-electron chi connectivity index (χ2n) is 7.88. The van der Waals surface area contributed by atoms with Crippen molar-refractivity contribution in [2.24, 2.45) is 0 Å². The van der Waals surface area contributed by atoms with Gasteiger partial charge in [0.2, 0.25) is 0 Å². The van der Waals surface area contributed by atoms with Crippen molar-refractivity contribution >= 4 is 5.91 Å². The number of nitrogens with zero attached hydrogens (tertiary/aromatic N) is 1. The molecule has 0 radical (unpaired) electrons. The van der Waals surface area contributed by atoms with Crippen LogP contribution in [0.5, 0.6) is 0 Å². The van der Waals surface area contributed by atoms with Gasteiger partial charge < -0.3 is 9.64 Å². The molecule has 0 aromatic carbocycles. The van der Waals surface area contributed by atoms with Crippen molar-refractivity contribution in [3.05, 3.63) is 95.4 Å². The highest BCUT2D eigenvalue weighted by Crippen LogP contribution is 2.28. The summed E-state index contributed by atoms with van der Waals surface area (Å²) in [5, 5.41) is 0. The van der Waals surface area contributed by atoms with Crippen LogP contribution in [0.1, 0.15) is 41.5 Å². The van der Waals surface area contributed by atoms with E-state index in [1.54, 1.807) is 4.90 Å². The molecule has 0 atom stereocenters. The number of hydrogen-bond acceptors (Lipinski definition) is 2. The molecule has 0 saturated carbocycles. The minimum absolute atomic E-state index is 0.155.